The Labute approximate surface area is 94.5 Å². The fraction of sp³-hybridized carbons (Fsp3) is 0.700. The van der Waals surface area contributed by atoms with Gasteiger partial charge in [-0.2, -0.15) is 0 Å². The zero-order valence-electron chi connectivity index (χ0n) is 9.62. The molecule has 16 heavy (non-hydrogen) atoms. The molecule has 0 spiro atoms. The second-order valence-corrected chi connectivity index (χ2v) is 3.43. The summed E-state index contributed by atoms with van der Waals surface area (Å²) in [6.45, 7) is 3.46. The van der Waals surface area contributed by atoms with Gasteiger partial charge in [-0.3, -0.25) is 9.59 Å². The first-order valence-electron chi connectivity index (χ1n) is 5.19. The summed E-state index contributed by atoms with van der Waals surface area (Å²) in [7, 11) is 0. The molecule has 6 heteroatoms. The van der Waals surface area contributed by atoms with Crippen LogP contribution in [0.3, 0.4) is 0 Å². The van der Waals surface area contributed by atoms with Gasteiger partial charge in [-0.1, -0.05) is 6.92 Å². The van der Waals surface area contributed by atoms with E-state index in [4.69, 9.17) is 10.5 Å². The second-order valence-electron chi connectivity index (χ2n) is 3.43. The first-order valence-corrected chi connectivity index (χ1v) is 5.19. The van der Waals surface area contributed by atoms with E-state index in [1.54, 1.807) is 0 Å². The lowest BCUT2D eigenvalue weighted by Crippen LogP contribution is -2.41. The van der Waals surface area contributed by atoms with Crippen LogP contribution in [0, 0.1) is 0 Å². The minimum absolute atomic E-state index is 0.0339. The van der Waals surface area contributed by atoms with Crippen LogP contribution in [0.25, 0.3) is 0 Å². The maximum atomic E-state index is 11.5. The van der Waals surface area contributed by atoms with Crippen LogP contribution >= 0.6 is 0 Å². The molecule has 1 atom stereocenters. The first kappa shape index (κ1) is 14.4. The monoisotopic (exact) mass is 230 g/mol. The van der Waals surface area contributed by atoms with Crippen molar-refractivity contribution in [2.24, 2.45) is 5.73 Å². The van der Waals surface area contributed by atoms with Crippen LogP contribution in [0.15, 0.2) is 0 Å². The van der Waals surface area contributed by atoms with Crippen molar-refractivity contribution in [1.29, 1.82) is 0 Å². The summed E-state index contributed by atoms with van der Waals surface area (Å²) in [5, 5.41) is 2.42. The Bertz CT molecular complexity index is 266. The number of primary amides is 1. The fourth-order valence-corrected chi connectivity index (χ4v) is 1.08. The van der Waals surface area contributed by atoms with E-state index in [0.717, 1.165) is 0 Å². The summed E-state index contributed by atoms with van der Waals surface area (Å²) in [5.74, 6) is -1.39. The van der Waals surface area contributed by atoms with Gasteiger partial charge in [0, 0.05) is 13.3 Å². The Kier molecular flexibility index (Phi) is 6.91. The van der Waals surface area contributed by atoms with E-state index in [0.29, 0.717) is 13.0 Å². The van der Waals surface area contributed by atoms with E-state index in [1.807, 2.05) is 6.92 Å². The molecule has 0 aliphatic rings. The standard InChI is InChI=1S/C10H18N2O4/c1-3-6-16-10(15)8(12-7(2)13)4-5-9(11)14/h8H,3-6H2,1-2H3,(H2,11,14)(H,12,13)/t8-/m0/s1. The smallest absolute Gasteiger partial charge is 0.328 e. The van der Waals surface area contributed by atoms with Gasteiger partial charge in [-0.25, -0.2) is 4.79 Å². The topological polar surface area (TPSA) is 98.5 Å². The first-order chi connectivity index (χ1) is 7.47. The van der Waals surface area contributed by atoms with Crippen LogP contribution in [-0.4, -0.2) is 30.4 Å². The third-order valence-electron chi connectivity index (χ3n) is 1.79. The maximum absolute atomic E-state index is 11.5. The van der Waals surface area contributed by atoms with Crippen molar-refractivity contribution in [1.82, 2.24) is 5.32 Å². The largest absolute Gasteiger partial charge is 0.464 e. The molecule has 92 valence electrons. The van der Waals surface area contributed by atoms with Crippen LogP contribution < -0.4 is 11.1 Å². The average Bonchev–Trinajstić information content (AvgIpc) is 2.19. The number of hydrogen-bond acceptors (Lipinski definition) is 4. The van der Waals surface area contributed by atoms with Crippen LogP contribution in [0.4, 0.5) is 0 Å². The predicted octanol–water partition coefficient (Wildman–Crippen LogP) is -0.290. The van der Waals surface area contributed by atoms with Crippen molar-refractivity contribution in [2.75, 3.05) is 6.61 Å². The molecule has 3 N–H and O–H groups in total. The van der Waals surface area contributed by atoms with Gasteiger partial charge in [-0.05, 0) is 12.8 Å². The van der Waals surface area contributed by atoms with E-state index in [2.05, 4.69) is 5.32 Å². The maximum Gasteiger partial charge on any atom is 0.328 e. The Hall–Kier alpha value is -1.59. The van der Waals surface area contributed by atoms with Gasteiger partial charge in [0.2, 0.25) is 11.8 Å². The molecule has 0 saturated heterocycles. The summed E-state index contributed by atoms with van der Waals surface area (Å²) in [6, 6.07) is -0.795. The SMILES string of the molecule is CCCOC(=O)[C@H](CCC(N)=O)NC(C)=O. The lowest BCUT2D eigenvalue weighted by atomic mass is 10.1. The highest BCUT2D eigenvalue weighted by atomic mass is 16.5. The van der Waals surface area contributed by atoms with E-state index in [-0.39, 0.29) is 18.7 Å². The van der Waals surface area contributed by atoms with E-state index < -0.39 is 17.9 Å². The number of amides is 2. The minimum atomic E-state index is -0.795. The Morgan fingerprint density at radius 2 is 2.00 bits per heavy atom. The number of ether oxygens (including phenoxy) is 1. The molecule has 0 unspecified atom stereocenters. The van der Waals surface area contributed by atoms with Crippen LogP contribution in [-0.2, 0) is 19.1 Å². The van der Waals surface area contributed by atoms with Crippen molar-refractivity contribution in [3.05, 3.63) is 0 Å². The third-order valence-corrected chi connectivity index (χ3v) is 1.79. The van der Waals surface area contributed by atoms with Crippen LogP contribution in [0.2, 0.25) is 0 Å². The summed E-state index contributed by atoms with van der Waals surface area (Å²) in [6.07, 6.45) is 0.901. The molecule has 6 nitrogen and oxygen atoms in total. The van der Waals surface area contributed by atoms with Gasteiger partial charge in [0.05, 0.1) is 6.61 Å². The zero-order valence-corrected chi connectivity index (χ0v) is 9.62. The quantitative estimate of drug-likeness (QED) is 0.587. The highest BCUT2D eigenvalue weighted by Gasteiger charge is 2.21. The summed E-state index contributed by atoms with van der Waals surface area (Å²) in [5.41, 5.74) is 4.97. The number of nitrogens with two attached hydrogens (primary N) is 1. The molecule has 0 aromatic rings. The third kappa shape index (κ3) is 6.80. The van der Waals surface area contributed by atoms with Crippen molar-refractivity contribution >= 4 is 17.8 Å². The van der Waals surface area contributed by atoms with Gasteiger partial charge < -0.3 is 15.8 Å². The molecule has 0 aromatic carbocycles. The summed E-state index contributed by atoms with van der Waals surface area (Å²) >= 11 is 0. The number of hydrogen-bond donors (Lipinski definition) is 2. The van der Waals surface area contributed by atoms with Gasteiger partial charge in [0.25, 0.3) is 0 Å². The molecule has 2 amide bonds. The minimum Gasteiger partial charge on any atom is -0.464 e. The van der Waals surface area contributed by atoms with Crippen LogP contribution in [0.1, 0.15) is 33.1 Å². The van der Waals surface area contributed by atoms with E-state index in [1.165, 1.54) is 6.92 Å². The summed E-state index contributed by atoms with van der Waals surface area (Å²) in [4.78, 5) is 32.9. The van der Waals surface area contributed by atoms with Crippen molar-refractivity contribution < 1.29 is 19.1 Å². The van der Waals surface area contributed by atoms with Gasteiger partial charge in [0.1, 0.15) is 6.04 Å². The molecule has 0 radical (unpaired) electrons. The summed E-state index contributed by atoms with van der Waals surface area (Å²) < 4.78 is 4.88. The molecule has 0 saturated carbocycles. The molecule has 0 rings (SSSR count). The lowest BCUT2D eigenvalue weighted by Gasteiger charge is -2.15. The van der Waals surface area contributed by atoms with Gasteiger partial charge in [-0.15, -0.1) is 0 Å². The van der Waals surface area contributed by atoms with Crippen molar-refractivity contribution in [3.63, 3.8) is 0 Å². The van der Waals surface area contributed by atoms with E-state index in [9.17, 15) is 14.4 Å². The second kappa shape index (κ2) is 7.67. The number of rotatable bonds is 7. The fourth-order valence-electron chi connectivity index (χ4n) is 1.08. The molecule has 0 heterocycles. The Balaban J connectivity index is 4.22. The molecule has 0 aliphatic carbocycles. The predicted molar refractivity (Wildman–Crippen MR) is 57.3 cm³/mol. The number of esters is 1. The van der Waals surface area contributed by atoms with Crippen molar-refractivity contribution in [3.8, 4) is 0 Å². The highest BCUT2D eigenvalue weighted by Crippen LogP contribution is 2.00. The number of nitrogens with one attached hydrogen (secondary N) is 1. The van der Waals surface area contributed by atoms with E-state index >= 15 is 0 Å². The molecule has 0 aliphatic heterocycles. The van der Waals surface area contributed by atoms with Crippen LogP contribution in [0.5, 0.6) is 0 Å². The molecule has 0 aromatic heterocycles. The van der Waals surface area contributed by atoms with Crippen molar-refractivity contribution in [2.45, 2.75) is 39.2 Å². The average molecular weight is 230 g/mol. The molecule has 0 bridgehead atoms. The normalized spacial score (nSPS) is 11.6. The van der Waals surface area contributed by atoms with Gasteiger partial charge in [0.15, 0.2) is 0 Å². The lowest BCUT2D eigenvalue weighted by molar-refractivity contribution is -0.148. The number of carbonyl (C=O) groups is 3. The number of carbonyl (C=O) groups excluding carboxylic acids is 3. The zero-order chi connectivity index (χ0) is 12.6. The highest BCUT2D eigenvalue weighted by molar-refractivity contribution is 5.84. The molecular formula is C10H18N2O4. The molecular weight excluding hydrogens is 212 g/mol. The Morgan fingerprint density at radius 3 is 2.44 bits per heavy atom. The van der Waals surface area contributed by atoms with Gasteiger partial charge >= 0.3 is 5.97 Å². The Morgan fingerprint density at radius 1 is 1.38 bits per heavy atom. The molecule has 0 fully saturated rings.